The second kappa shape index (κ2) is 11.9. The maximum atomic E-state index is 13.0. The molecule has 1 atom stereocenters. The van der Waals surface area contributed by atoms with Crippen LogP contribution in [0.2, 0.25) is 0 Å². The Kier molecular flexibility index (Phi) is 9.17. The number of rotatable bonds is 10. The van der Waals surface area contributed by atoms with Crippen LogP contribution in [0.4, 0.5) is 4.79 Å². The van der Waals surface area contributed by atoms with E-state index < -0.39 is 17.6 Å². The number of hydrogen-bond donors (Lipinski definition) is 1. The number of fused-ring (bicyclic) bond motifs is 1. The summed E-state index contributed by atoms with van der Waals surface area (Å²) in [5.41, 5.74) is 1.68. The fourth-order valence-electron chi connectivity index (χ4n) is 4.64. The minimum Gasteiger partial charge on any atom is -0.444 e. The Morgan fingerprint density at radius 2 is 1.86 bits per heavy atom. The van der Waals surface area contributed by atoms with Crippen LogP contribution in [-0.4, -0.2) is 63.3 Å². The largest absolute Gasteiger partial charge is 0.444 e. The standard InChI is InChI=1S/C27H40N4O6/c1-18(2)30(26(35)37-27(3,4)5)15-9-17-36-16-8-11-19-10-7-12-20-23(19)29(6)25(34)31(20)21-13-14-22(32)28-24(21)33/h7,10,12,18,21H,8-9,11,13-17H2,1-6H3,(H,28,32,33). The van der Waals surface area contributed by atoms with Gasteiger partial charge in [0.1, 0.15) is 11.6 Å². The second-order valence-corrected chi connectivity index (χ2v) is 10.8. The normalized spacial score (nSPS) is 16.4. The van der Waals surface area contributed by atoms with Crippen LogP contribution in [0.5, 0.6) is 0 Å². The molecule has 3 rings (SSSR count). The number of ether oxygens (including phenoxy) is 2. The summed E-state index contributed by atoms with van der Waals surface area (Å²) in [4.78, 5) is 51.1. The van der Waals surface area contributed by atoms with E-state index in [-0.39, 0.29) is 30.2 Å². The van der Waals surface area contributed by atoms with Crippen LogP contribution in [0.25, 0.3) is 11.0 Å². The van der Waals surface area contributed by atoms with Crippen LogP contribution in [0.1, 0.15) is 71.9 Å². The van der Waals surface area contributed by atoms with Gasteiger partial charge in [-0.05, 0) is 71.9 Å². The quantitative estimate of drug-likeness (QED) is 0.383. The van der Waals surface area contributed by atoms with Gasteiger partial charge in [-0.3, -0.25) is 24.0 Å². The second-order valence-electron chi connectivity index (χ2n) is 10.8. The predicted octanol–water partition coefficient (Wildman–Crippen LogP) is 3.30. The van der Waals surface area contributed by atoms with E-state index in [1.807, 2.05) is 52.8 Å². The molecule has 1 aliphatic rings. The van der Waals surface area contributed by atoms with Crippen molar-refractivity contribution in [2.75, 3.05) is 19.8 Å². The van der Waals surface area contributed by atoms with Gasteiger partial charge >= 0.3 is 11.8 Å². The van der Waals surface area contributed by atoms with Crippen LogP contribution in [0, 0.1) is 0 Å². The zero-order valence-corrected chi connectivity index (χ0v) is 22.8. The number of benzene rings is 1. The van der Waals surface area contributed by atoms with Gasteiger partial charge in [0, 0.05) is 39.3 Å². The molecule has 37 heavy (non-hydrogen) atoms. The average Bonchev–Trinajstić information content (AvgIpc) is 3.05. The molecule has 0 bridgehead atoms. The molecule has 204 valence electrons. The molecule has 1 aromatic heterocycles. The van der Waals surface area contributed by atoms with Crippen molar-refractivity contribution in [3.63, 3.8) is 0 Å². The van der Waals surface area contributed by atoms with Gasteiger partial charge in [-0.2, -0.15) is 0 Å². The number of carbonyl (C=O) groups excluding carboxylic acids is 3. The van der Waals surface area contributed by atoms with Crippen molar-refractivity contribution in [3.8, 4) is 0 Å². The van der Waals surface area contributed by atoms with Gasteiger partial charge in [0.25, 0.3) is 0 Å². The first-order valence-electron chi connectivity index (χ1n) is 13.0. The highest BCUT2D eigenvalue weighted by atomic mass is 16.6. The Balaban J connectivity index is 1.55. The van der Waals surface area contributed by atoms with E-state index in [4.69, 9.17) is 9.47 Å². The van der Waals surface area contributed by atoms with Crippen molar-refractivity contribution in [1.29, 1.82) is 0 Å². The number of piperidine rings is 1. The number of para-hydroxylation sites is 1. The summed E-state index contributed by atoms with van der Waals surface area (Å²) >= 11 is 0. The van der Waals surface area contributed by atoms with Crippen molar-refractivity contribution in [1.82, 2.24) is 19.4 Å². The molecule has 3 amide bonds. The molecular formula is C27H40N4O6. The highest BCUT2D eigenvalue weighted by Gasteiger charge is 2.31. The zero-order chi connectivity index (χ0) is 27.3. The highest BCUT2D eigenvalue weighted by molar-refractivity contribution is 6.00. The lowest BCUT2D eigenvalue weighted by molar-refractivity contribution is -0.135. The van der Waals surface area contributed by atoms with E-state index in [0.717, 1.165) is 17.5 Å². The van der Waals surface area contributed by atoms with Crippen LogP contribution in [-0.2, 0) is 32.5 Å². The van der Waals surface area contributed by atoms with Gasteiger partial charge in [-0.1, -0.05) is 12.1 Å². The first-order chi connectivity index (χ1) is 17.4. The minimum atomic E-state index is -0.696. The third-order valence-electron chi connectivity index (χ3n) is 6.38. The average molecular weight is 517 g/mol. The number of imide groups is 1. The summed E-state index contributed by atoms with van der Waals surface area (Å²) in [6, 6.07) is 5.05. The smallest absolute Gasteiger partial charge is 0.410 e. The molecule has 1 aliphatic heterocycles. The Labute approximate surface area is 217 Å². The van der Waals surface area contributed by atoms with E-state index in [2.05, 4.69) is 5.32 Å². The minimum absolute atomic E-state index is 0.0365. The molecule has 2 aromatic rings. The fraction of sp³-hybridized carbons (Fsp3) is 0.630. The molecule has 1 N–H and O–H groups in total. The maximum Gasteiger partial charge on any atom is 0.410 e. The Morgan fingerprint density at radius 1 is 1.16 bits per heavy atom. The molecule has 10 heteroatoms. The lowest BCUT2D eigenvalue weighted by Crippen LogP contribution is -2.44. The first-order valence-corrected chi connectivity index (χ1v) is 13.0. The Morgan fingerprint density at radius 3 is 2.51 bits per heavy atom. The van der Waals surface area contributed by atoms with E-state index in [0.29, 0.717) is 44.5 Å². The summed E-state index contributed by atoms with van der Waals surface area (Å²) in [5.74, 6) is -0.746. The van der Waals surface area contributed by atoms with Crippen molar-refractivity contribution in [3.05, 3.63) is 34.2 Å². The van der Waals surface area contributed by atoms with Crippen molar-refractivity contribution in [2.24, 2.45) is 7.05 Å². The van der Waals surface area contributed by atoms with E-state index in [1.54, 1.807) is 16.5 Å². The van der Waals surface area contributed by atoms with E-state index >= 15 is 0 Å². The number of amides is 3. The van der Waals surface area contributed by atoms with Crippen molar-refractivity contribution in [2.45, 2.75) is 84.4 Å². The number of imidazole rings is 1. The summed E-state index contributed by atoms with van der Waals surface area (Å²) in [6.45, 7) is 11.1. The topological polar surface area (TPSA) is 112 Å². The Hall–Kier alpha value is -3.14. The summed E-state index contributed by atoms with van der Waals surface area (Å²) in [7, 11) is 1.71. The van der Waals surface area contributed by atoms with Gasteiger partial charge in [0.2, 0.25) is 11.8 Å². The molecule has 1 fully saturated rings. The molecule has 10 nitrogen and oxygen atoms in total. The van der Waals surface area contributed by atoms with E-state index in [9.17, 15) is 19.2 Å². The third-order valence-corrected chi connectivity index (χ3v) is 6.38. The molecule has 1 aromatic carbocycles. The van der Waals surface area contributed by atoms with Gasteiger partial charge in [-0.15, -0.1) is 0 Å². The fourth-order valence-corrected chi connectivity index (χ4v) is 4.64. The first kappa shape index (κ1) is 28.4. The maximum absolute atomic E-state index is 13.0. The van der Waals surface area contributed by atoms with Gasteiger partial charge in [0.15, 0.2) is 0 Å². The summed E-state index contributed by atoms with van der Waals surface area (Å²) in [5, 5.41) is 2.34. The molecule has 0 spiro atoms. The van der Waals surface area contributed by atoms with Crippen LogP contribution >= 0.6 is 0 Å². The SMILES string of the molecule is CC(C)N(CCCOCCCc1cccc2c1n(C)c(=O)n2C1CCC(=O)NC1=O)C(=O)OC(C)(C)C. The van der Waals surface area contributed by atoms with Gasteiger partial charge < -0.3 is 14.4 Å². The van der Waals surface area contributed by atoms with Crippen LogP contribution < -0.4 is 11.0 Å². The lowest BCUT2D eigenvalue weighted by atomic mass is 10.0. The summed E-state index contributed by atoms with van der Waals surface area (Å²) < 4.78 is 14.4. The monoisotopic (exact) mass is 516 g/mol. The molecule has 0 radical (unpaired) electrons. The van der Waals surface area contributed by atoms with Gasteiger partial charge in [-0.25, -0.2) is 9.59 Å². The predicted molar refractivity (Wildman–Crippen MR) is 140 cm³/mol. The number of hydrogen-bond acceptors (Lipinski definition) is 6. The van der Waals surface area contributed by atoms with Gasteiger partial charge in [0.05, 0.1) is 11.0 Å². The number of aromatic nitrogens is 2. The molecule has 1 unspecified atom stereocenters. The number of carbonyl (C=O) groups is 3. The van der Waals surface area contributed by atoms with E-state index in [1.165, 1.54) is 4.57 Å². The Bertz CT molecular complexity index is 1190. The van der Waals surface area contributed by atoms with Crippen molar-refractivity contribution < 1.29 is 23.9 Å². The zero-order valence-electron chi connectivity index (χ0n) is 22.8. The number of aryl methyl sites for hydroxylation is 2. The lowest BCUT2D eigenvalue weighted by Gasteiger charge is -2.30. The highest BCUT2D eigenvalue weighted by Crippen LogP contribution is 2.25. The van der Waals surface area contributed by atoms with Crippen LogP contribution in [0.3, 0.4) is 0 Å². The molecule has 0 aliphatic carbocycles. The number of nitrogens with one attached hydrogen (secondary N) is 1. The molecule has 1 saturated heterocycles. The van der Waals surface area contributed by atoms with Crippen molar-refractivity contribution >= 4 is 28.9 Å². The summed E-state index contributed by atoms with van der Waals surface area (Å²) in [6.07, 6.45) is 2.38. The third kappa shape index (κ3) is 7.00. The molecule has 2 heterocycles. The number of nitrogens with zero attached hydrogens (tertiary/aromatic N) is 3. The molecule has 0 saturated carbocycles. The van der Waals surface area contributed by atoms with Crippen LogP contribution in [0.15, 0.2) is 23.0 Å². The molecular weight excluding hydrogens is 476 g/mol.